The van der Waals surface area contributed by atoms with Gasteiger partial charge in [0.2, 0.25) is 5.91 Å². The van der Waals surface area contributed by atoms with Crippen LogP contribution < -0.4 is 5.32 Å². The molecule has 2 aromatic rings. The second-order valence-electron chi connectivity index (χ2n) is 7.25. The van der Waals surface area contributed by atoms with Crippen LogP contribution in [0.1, 0.15) is 25.0 Å². The molecule has 0 aromatic carbocycles. The molecule has 0 radical (unpaired) electrons. The van der Waals surface area contributed by atoms with Crippen molar-refractivity contribution in [2.24, 2.45) is 5.92 Å². The van der Waals surface area contributed by atoms with E-state index in [1.54, 1.807) is 0 Å². The molecule has 4 heterocycles. The van der Waals surface area contributed by atoms with Gasteiger partial charge in [-0.2, -0.15) is 0 Å². The Bertz CT molecular complexity index is 680. The van der Waals surface area contributed by atoms with E-state index in [0.29, 0.717) is 18.2 Å². The predicted molar refractivity (Wildman–Crippen MR) is 97.3 cm³/mol. The van der Waals surface area contributed by atoms with Crippen LogP contribution in [0, 0.1) is 5.92 Å². The van der Waals surface area contributed by atoms with Gasteiger partial charge in [-0.15, -0.1) is 0 Å². The number of amides is 1. The summed E-state index contributed by atoms with van der Waals surface area (Å²) in [4.78, 5) is 21.5. The van der Waals surface area contributed by atoms with E-state index in [-0.39, 0.29) is 0 Å². The summed E-state index contributed by atoms with van der Waals surface area (Å²) in [5.41, 5.74) is 2.09. The highest BCUT2D eigenvalue weighted by molar-refractivity contribution is 5.76. The highest BCUT2D eigenvalue weighted by atomic mass is 16.2. The molecule has 0 spiro atoms. The molecule has 2 aliphatic heterocycles. The van der Waals surface area contributed by atoms with Crippen molar-refractivity contribution in [2.75, 3.05) is 39.3 Å². The SMILES string of the molecule is O=C(CCC1CCNC1)N1CCN(Cc2cn3ccccc3n2)CC1. The molecule has 1 atom stereocenters. The van der Waals surface area contributed by atoms with Crippen LogP contribution in [0.4, 0.5) is 0 Å². The topological polar surface area (TPSA) is 52.9 Å². The molecule has 2 fully saturated rings. The predicted octanol–water partition coefficient (Wildman–Crippen LogP) is 1.37. The molecule has 134 valence electrons. The normalized spacial score (nSPS) is 21.9. The van der Waals surface area contributed by atoms with Gasteiger partial charge in [0, 0.05) is 51.5 Å². The molecule has 6 heteroatoms. The van der Waals surface area contributed by atoms with Gasteiger partial charge < -0.3 is 14.6 Å². The molecule has 2 saturated heterocycles. The summed E-state index contributed by atoms with van der Waals surface area (Å²) in [5, 5.41) is 3.37. The Morgan fingerprint density at radius 2 is 2.12 bits per heavy atom. The first-order valence-electron chi connectivity index (χ1n) is 9.41. The molecule has 1 amide bonds. The minimum Gasteiger partial charge on any atom is -0.340 e. The van der Waals surface area contributed by atoms with Gasteiger partial charge in [-0.1, -0.05) is 6.07 Å². The molecule has 0 saturated carbocycles. The van der Waals surface area contributed by atoms with E-state index in [1.807, 2.05) is 29.3 Å². The lowest BCUT2D eigenvalue weighted by Crippen LogP contribution is -2.48. The molecule has 4 rings (SSSR count). The molecule has 6 nitrogen and oxygen atoms in total. The summed E-state index contributed by atoms with van der Waals surface area (Å²) in [5.74, 6) is 1.03. The van der Waals surface area contributed by atoms with Crippen LogP contribution in [0.15, 0.2) is 30.6 Å². The Balaban J connectivity index is 1.24. The fourth-order valence-electron chi connectivity index (χ4n) is 3.89. The van der Waals surface area contributed by atoms with Crippen LogP contribution >= 0.6 is 0 Å². The van der Waals surface area contributed by atoms with Gasteiger partial charge in [-0.05, 0) is 44.0 Å². The molecule has 0 aliphatic carbocycles. The first-order chi connectivity index (χ1) is 12.3. The number of carbonyl (C=O) groups is 1. The van der Waals surface area contributed by atoms with Crippen molar-refractivity contribution in [1.82, 2.24) is 24.5 Å². The zero-order valence-corrected chi connectivity index (χ0v) is 14.7. The van der Waals surface area contributed by atoms with Crippen LogP contribution in [-0.4, -0.2) is 64.4 Å². The smallest absolute Gasteiger partial charge is 0.222 e. The molecule has 25 heavy (non-hydrogen) atoms. The fourth-order valence-corrected chi connectivity index (χ4v) is 3.89. The van der Waals surface area contributed by atoms with Crippen molar-refractivity contribution >= 4 is 11.6 Å². The quantitative estimate of drug-likeness (QED) is 0.892. The fraction of sp³-hybridized carbons (Fsp3) is 0.579. The second-order valence-corrected chi connectivity index (χ2v) is 7.25. The lowest BCUT2D eigenvalue weighted by atomic mass is 10.0. The molecule has 0 bridgehead atoms. The third-order valence-corrected chi connectivity index (χ3v) is 5.45. The van der Waals surface area contributed by atoms with Crippen LogP contribution in [0.3, 0.4) is 0 Å². The molecule has 2 aromatic heterocycles. The zero-order chi connectivity index (χ0) is 17.1. The highest BCUT2D eigenvalue weighted by Gasteiger charge is 2.23. The van der Waals surface area contributed by atoms with Crippen LogP contribution in [0.25, 0.3) is 5.65 Å². The maximum absolute atomic E-state index is 12.4. The monoisotopic (exact) mass is 341 g/mol. The Kier molecular flexibility index (Phi) is 4.99. The van der Waals surface area contributed by atoms with Crippen molar-refractivity contribution in [3.63, 3.8) is 0 Å². The van der Waals surface area contributed by atoms with E-state index < -0.39 is 0 Å². The summed E-state index contributed by atoms with van der Waals surface area (Å²) in [6.07, 6.45) is 7.09. The summed E-state index contributed by atoms with van der Waals surface area (Å²) >= 11 is 0. The summed E-state index contributed by atoms with van der Waals surface area (Å²) in [6, 6.07) is 6.06. The van der Waals surface area contributed by atoms with Crippen molar-refractivity contribution in [3.05, 3.63) is 36.3 Å². The van der Waals surface area contributed by atoms with E-state index >= 15 is 0 Å². The number of aromatic nitrogens is 2. The number of carbonyl (C=O) groups excluding carboxylic acids is 1. The first kappa shape index (κ1) is 16.5. The Labute approximate surface area is 148 Å². The maximum Gasteiger partial charge on any atom is 0.222 e. The van der Waals surface area contributed by atoms with Gasteiger partial charge in [-0.25, -0.2) is 4.98 Å². The number of imidazole rings is 1. The number of pyridine rings is 1. The van der Waals surface area contributed by atoms with Gasteiger partial charge >= 0.3 is 0 Å². The molecular formula is C19H27N5O. The molecule has 2 aliphatic rings. The standard InChI is InChI=1S/C19H27N5O/c25-19(5-4-16-6-7-20-13-16)23-11-9-22(10-12-23)14-17-15-24-8-2-1-3-18(24)21-17/h1-3,8,15-16,20H,4-7,9-14H2. The minimum absolute atomic E-state index is 0.333. The first-order valence-corrected chi connectivity index (χ1v) is 9.41. The van der Waals surface area contributed by atoms with E-state index in [2.05, 4.69) is 25.8 Å². The largest absolute Gasteiger partial charge is 0.340 e. The van der Waals surface area contributed by atoms with Gasteiger partial charge in [0.1, 0.15) is 5.65 Å². The van der Waals surface area contributed by atoms with Crippen molar-refractivity contribution < 1.29 is 4.79 Å². The maximum atomic E-state index is 12.4. The highest BCUT2D eigenvalue weighted by Crippen LogP contribution is 2.16. The summed E-state index contributed by atoms with van der Waals surface area (Å²) < 4.78 is 2.06. The number of fused-ring (bicyclic) bond motifs is 1. The summed E-state index contributed by atoms with van der Waals surface area (Å²) in [7, 11) is 0. The van der Waals surface area contributed by atoms with Crippen molar-refractivity contribution in [3.8, 4) is 0 Å². The van der Waals surface area contributed by atoms with E-state index in [9.17, 15) is 4.79 Å². The Morgan fingerprint density at radius 1 is 1.24 bits per heavy atom. The minimum atomic E-state index is 0.333. The number of hydrogen-bond donors (Lipinski definition) is 1. The molecule has 1 N–H and O–H groups in total. The number of hydrogen-bond acceptors (Lipinski definition) is 4. The molecule has 1 unspecified atom stereocenters. The number of piperazine rings is 1. The number of nitrogens with zero attached hydrogens (tertiary/aromatic N) is 4. The van der Waals surface area contributed by atoms with Crippen molar-refractivity contribution in [2.45, 2.75) is 25.8 Å². The second kappa shape index (κ2) is 7.54. The number of nitrogens with one attached hydrogen (secondary N) is 1. The lowest BCUT2D eigenvalue weighted by Gasteiger charge is -2.34. The van der Waals surface area contributed by atoms with Crippen LogP contribution in [-0.2, 0) is 11.3 Å². The summed E-state index contributed by atoms with van der Waals surface area (Å²) in [6.45, 7) is 6.61. The van der Waals surface area contributed by atoms with Gasteiger partial charge in [0.15, 0.2) is 0 Å². The van der Waals surface area contributed by atoms with Gasteiger partial charge in [-0.3, -0.25) is 9.69 Å². The van der Waals surface area contributed by atoms with E-state index in [1.165, 1.54) is 6.42 Å². The Morgan fingerprint density at radius 3 is 2.88 bits per heavy atom. The van der Waals surface area contributed by atoms with E-state index in [0.717, 1.165) is 63.6 Å². The molecular weight excluding hydrogens is 314 g/mol. The van der Waals surface area contributed by atoms with E-state index in [4.69, 9.17) is 0 Å². The van der Waals surface area contributed by atoms with Crippen LogP contribution in [0.5, 0.6) is 0 Å². The third-order valence-electron chi connectivity index (χ3n) is 5.45. The van der Waals surface area contributed by atoms with Crippen LogP contribution in [0.2, 0.25) is 0 Å². The van der Waals surface area contributed by atoms with Crippen molar-refractivity contribution in [1.29, 1.82) is 0 Å². The number of rotatable bonds is 5. The average Bonchev–Trinajstić information content (AvgIpc) is 3.29. The van der Waals surface area contributed by atoms with Gasteiger partial charge in [0.25, 0.3) is 0 Å². The third kappa shape index (κ3) is 4.02. The Hall–Kier alpha value is -1.92. The zero-order valence-electron chi connectivity index (χ0n) is 14.7. The lowest BCUT2D eigenvalue weighted by molar-refractivity contribution is -0.133. The average molecular weight is 341 g/mol. The van der Waals surface area contributed by atoms with Gasteiger partial charge in [0.05, 0.1) is 5.69 Å².